The summed E-state index contributed by atoms with van der Waals surface area (Å²) in [5.74, 6) is -1.94. The quantitative estimate of drug-likeness (QED) is 0.160. The Kier molecular flexibility index (Phi) is 9.50. The highest BCUT2D eigenvalue weighted by Crippen LogP contribution is 2.38. The fourth-order valence-corrected chi connectivity index (χ4v) is 5.69. The van der Waals surface area contributed by atoms with Crippen molar-refractivity contribution < 1.29 is 38.7 Å². The zero-order valence-corrected chi connectivity index (χ0v) is 22.4. The van der Waals surface area contributed by atoms with E-state index in [0.29, 0.717) is 30.6 Å². The van der Waals surface area contributed by atoms with Crippen molar-refractivity contribution in [3.63, 3.8) is 0 Å². The van der Waals surface area contributed by atoms with E-state index in [9.17, 15) is 34.4 Å². The van der Waals surface area contributed by atoms with Gasteiger partial charge in [0.2, 0.25) is 5.91 Å². The van der Waals surface area contributed by atoms with Crippen LogP contribution in [0.5, 0.6) is 0 Å². The molecule has 0 unspecified atom stereocenters. The van der Waals surface area contributed by atoms with Crippen LogP contribution in [0.25, 0.3) is 0 Å². The molecule has 13 heteroatoms. The molecular weight excluding hydrogens is 518 g/mol. The number of carbonyl (C=O) groups is 4. The number of non-ortho nitro benzene ring substituents is 1. The number of methoxy groups -OCH3 is 1. The van der Waals surface area contributed by atoms with Crippen LogP contribution in [-0.2, 0) is 30.5 Å². The third-order valence-electron chi connectivity index (χ3n) is 6.47. The first kappa shape index (κ1) is 29.1. The van der Waals surface area contributed by atoms with Crippen LogP contribution in [0, 0.1) is 16.0 Å². The summed E-state index contributed by atoms with van der Waals surface area (Å²) >= 11 is 1.07. The number of rotatable bonds is 9. The number of allylic oxidation sites excluding steroid dienone is 1. The van der Waals surface area contributed by atoms with Gasteiger partial charge in [-0.2, -0.15) is 0 Å². The molecule has 2 amide bonds. The molecule has 0 aliphatic carbocycles. The van der Waals surface area contributed by atoms with E-state index in [0.717, 1.165) is 11.8 Å². The van der Waals surface area contributed by atoms with E-state index < -0.39 is 41.0 Å². The first-order chi connectivity index (χ1) is 17.9. The number of thioether (sulfide) groups is 1. The van der Waals surface area contributed by atoms with Crippen LogP contribution >= 0.6 is 11.8 Å². The zero-order chi connectivity index (χ0) is 28.1. The highest BCUT2D eigenvalue weighted by atomic mass is 32.2. The highest BCUT2D eigenvalue weighted by Gasteiger charge is 2.53. The van der Waals surface area contributed by atoms with Gasteiger partial charge >= 0.3 is 12.1 Å². The van der Waals surface area contributed by atoms with Crippen molar-refractivity contribution in [1.82, 2.24) is 9.80 Å². The summed E-state index contributed by atoms with van der Waals surface area (Å²) < 4.78 is 10.1. The maximum atomic E-state index is 12.9. The average molecular weight is 550 g/mol. The molecule has 2 aliphatic heterocycles. The fraction of sp³-hybridized carbons (Fsp3) is 0.520. The molecule has 2 aliphatic rings. The largest absolute Gasteiger partial charge is 0.464 e. The normalized spacial score (nSPS) is 21.4. The van der Waals surface area contributed by atoms with E-state index >= 15 is 0 Å². The van der Waals surface area contributed by atoms with E-state index in [1.165, 1.54) is 48.1 Å². The lowest BCUT2D eigenvalue weighted by atomic mass is 9.80. The number of benzene rings is 1. The van der Waals surface area contributed by atoms with Gasteiger partial charge in [-0.1, -0.05) is 11.8 Å². The Morgan fingerprint density at radius 2 is 1.89 bits per heavy atom. The molecule has 1 N–H and O–H groups in total. The lowest BCUT2D eigenvalue weighted by molar-refractivity contribution is -0.384. The van der Waals surface area contributed by atoms with Gasteiger partial charge in [-0.3, -0.25) is 19.7 Å². The molecule has 2 saturated heterocycles. The van der Waals surface area contributed by atoms with E-state index in [-0.39, 0.29) is 34.8 Å². The summed E-state index contributed by atoms with van der Waals surface area (Å²) in [7, 11) is 1.21. The number of esters is 1. The Balaban J connectivity index is 1.55. The second-order valence-corrected chi connectivity index (χ2v) is 10.8. The predicted molar refractivity (Wildman–Crippen MR) is 137 cm³/mol. The number of likely N-dealkylation sites (tertiary alicyclic amines) is 2. The Morgan fingerprint density at radius 3 is 2.45 bits per heavy atom. The van der Waals surface area contributed by atoms with Gasteiger partial charge in [0.15, 0.2) is 5.12 Å². The number of ether oxygens (including phenoxy) is 2. The standard InChI is InChI=1S/C25H31N3O9S/c1-14(2)22(24(32)36-4)27-19(21(15(3)29)23(27)31)11-20(30)38-18-9-10-26(12-18)25(33)37-13-16-5-7-17(8-6-16)28(34)35/h5-8,15,18-19,21,29H,9-13H2,1-4H3/t15-,18+,19-,21-/m1/s1. The number of hydrogen-bond donors (Lipinski definition) is 1. The van der Waals surface area contributed by atoms with Crippen LogP contribution < -0.4 is 0 Å². The molecule has 12 nitrogen and oxygen atoms in total. The summed E-state index contributed by atoms with van der Waals surface area (Å²) in [6.45, 7) is 5.46. The van der Waals surface area contributed by atoms with Crippen molar-refractivity contribution in [1.29, 1.82) is 0 Å². The number of aliphatic hydroxyl groups excluding tert-OH is 1. The molecule has 2 heterocycles. The number of nitrogens with zero attached hydrogens (tertiary/aromatic N) is 3. The molecule has 3 rings (SSSR count). The molecule has 4 atom stereocenters. The summed E-state index contributed by atoms with van der Waals surface area (Å²) in [5.41, 5.74) is 1.18. The Hall–Kier alpha value is -3.45. The van der Waals surface area contributed by atoms with Gasteiger partial charge in [-0.15, -0.1) is 0 Å². The Morgan fingerprint density at radius 1 is 1.24 bits per heavy atom. The first-order valence-corrected chi connectivity index (χ1v) is 12.9. The first-order valence-electron chi connectivity index (χ1n) is 12.1. The molecule has 0 radical (unpaired) electrons. The van der Waals surface area contributed by atoms with Crippen molar-refractivity contribution in [2.45, 2.75) is 57.6 Å². The molecule has 1 aromatic rings. The van der Waals surface area contributed by atoms with Crippen molar-refractivity contribution in [3.8, 4) is 0 Å². The maximum Gasteiger partial charge on any atom is 0.410 e. The van der Waals surface area contributed by atoms with Crippen LogP contribution in [-0.4, -0.2) is 80.5 Å². The molecule has 1 aromatic carbocycles. The number of hydrogen-bond acceptors (Lipinski definition) is 10. The third-order valence-corrected chi connectivity index (χ3v) is 7.62. The number of β-lactam (4-membered cyclic amide) rings is 1. The van der Waals surface area contributed by atoms with Crippen LogP contribution in [0.4, 0.5) is 10.5 Å². The Bertz CT molecular complexity index is 1130. The van der Waals surface area contributed by atoms with Crippen molar-refractivity contribution in [3.05, 3.63) is 51.2 Å². The van der Waals surface area contributed by atoms with Crippen molar-refractivity contribution >= 4 is 40.5 Å². The monoisotopic (exact) mass is 549 g/mol. The summed E-state index contributed by atoms with van der Waals surface area (Å²) in [6, 6.07) is 5.02. The second-order valence-electron chi connectivity index (χ2n) is 9.41. The predicted octanol–water partition coefficient (Wildman–Crippen LogP) is 2.63. The zero-order valence-electron chi connectivity index (χ0n) is 21.6. The minimum Gasteiger partial charge on any atom is -0.464 e. The van der Waals surface area contributed by atoms with Crippen molar-refractivity contribution in [2.75, 3.05) is 20.2 Å². The van der Waals surface area contributed by atoms with Crippen LogP contribution in [0.2, 0.25) is 0 Å². The molecule has 0 bridgehead atoms. The van der Waals surface area contributed by atoms with Gasteiger partial charge in [0.1, 0.15) is 12.3 Å². The lowest BCUT2D eigenvalue weighted by Gasteiger charge is -2.48. The molecule has 0 spiro atoms. The molecule has 2 fully saturated rings. The molecule has 206 valence electrons. The van der Waals surface area contributed by atoms with Crippen LogP contribution in [0.1, 0.15) is 39.2 Å². The second kappa shape index (κ2) is 12.4. The van der Waals surface area contributed by atoms with Crippen LogP contribution in [0.3, 0.4) is 0 Å². The number of amides is 2. The molecule has 0 aromatic heterocycles. The lowest BCUT2D eigenvalue weighted by Crippen LogP contribution is -2.64. The van der Waals surface area contributed by atoms with Gasteiger partial charge in [-0.25, -0.2) is 9.59 Å². The number of nitro groups is 1. The van der Waals surface area contributed by atoms with E-state index in [2.05, 4.69) is 0 Å². The van der Waals surface area contributed by atoms with E-state index in [4.69, 9.17) is 9.47 Å². The highest BCUT2D eigenvalue weighted by molar-refractivity contribution is 8.14. The van der Waals surface area contributed by atoms with E-state index in [1.807, 2.05) is 0 Å². The number of nitro benzene ring substituents is 1. The minimum absolute atomic E-state index is 0.0385. The van der Waals surface area contributed by atoms with Gasteiger partial charge in [0.25, 0.3) is 5.69 Å². The summed E-state index contributed by atoms with van der Waals surface area (Å²) in [5, 5.41) is 20.5. The Labute approximate surface area is 224 Å². The van der Waals surface area contributed by atoms with E-state index in [1.54, 1.807) is 13.8 Å². The molecule has 0 saturated carbocycles. The number of aliphatic hydroxyl groups is 1. The van der Waals surface area contributed by atoms with Crippen molar-refractivity contribution in [2.24, 2.45) is 5.92 Å². The fourth-order valence-electron chi connectivity index (χ4n) is 4.57. The van der Waals surface area contributed by atoms with Gasteiger partial charge in [0, 0.05) is 36.9 Å². The molecule has 38 heavy (non-hydrogen) atoms. The topological polar surface area (TPSA) is 157 Å². The summed E-state index contributed by atoms with van der Waals surface area (Å²) in [6.07, 6.45) is -1.04. The number of carbonyl (C=O) groups excluding carboxylic acids is 4. The smallest absolute Gasteiger partial charge is 0.410 e. The molecular formula is C25H31N3O9S. The van der Waals surface area contributed by atoms with Crippen LogP contribution in [0.15, 0.2) is 35.5 Å². The maximum absolute atomic E-state index is 12.9. The van der Waals surface area contributed by atoms with Gasteiger partial charge < -0.3 is 24.4 Å². The SMILES string of the molecule is COC(=O)C(=C(C)C)N1C(=O)[C@H]([C@@H](C)O)[C@H]1CC(=O)S[C@H]1CCN(C(=O)OCc2ccc([N+](=O)[O-])cc2)C1. The minimum atomic E-state index is -0.995. The third kappa shape index (κ3) is 6.51. The van der Waals surface area contributed by atoms with Gasteiger partial charge in [-0.05, 0) is 50.5 Å². The average Bonchev–Trinajstić information content (AvgIpc) is 3.33. The van der Waals surface area contributed by atoms with Gasteiger partial charge in [0.05, 0.1) is 30.1 Å². The summed E-state index contributed by atoms with van der Waals surface area (Å²) in [4.78, 5) is 63.4.